The highest BCUT2D eigenvalue weighted by molar-refractivity contribution is 5.33. The van der Waals surface area contributed by atoms with Gasteiger partial charge in [0, 0.05) is 0 Å². The minimum absolute atomic E-state index is 0.339. The first-order chi connectivity index (χ1) is 5.36. The topological polar surface area (TPSA) is 47.6 Å². The number of hydrogen-bond acceptors (Lipinski definition) is 2. The summed E-state index contributed by atoms with van der Waals surface area (Å²) in [6, 6.07) is 11.8. The Kier molecular flexibility index (Phi) is 2.25. The standard InChI is InChI=1S/C9H5N2/c10-5-4-8-2-1-3-9(6-8)7-11/h2-3,6H,4H2. The Morgan fingerprint density at radius 2 is 2.18 bits per heavy atom. The smallest absolute Gasteiger partial charge is 0.0991 e. The molecule has 1 aromatic carbocycles. The molecular formula is C9H5N2. The molecule has 0 aliphatic heterocycles. The fourth-order valence-electron chi connectivity index (χ4n) is 0.779. The highest BCUT2D eigenvalue weighted by atomic mass is 14.2. The van der Waals surface area contributed by atoms with Crippen LogP contribution >= 0.6 is 0 Å². The molecule has 0 bridgehead atoms. The van der Waals surface area contributed by atoms with Crippen LogP contribution in [0.15, 0.2) is 18.2 Å². The number of nitriles is 2. The molecule has 0 saturated carbocycles. The van der Waals surface area contributed by atoms with Crippen molar-refractivity contribution in [3.63, 3.8) is 0 Å². The first-order valence-electron chi connectivity index (χ1n) is 3.14. The molecule has 0 aromatic heterocycles. The minimum atomic E-state index is 0.339. The van der Waals surface area contributed by atoms with E-state index in [0.717, 1.165) is 5.56 Å². The second-order valence-electron chi connectivity index (χ2n) is 2.08. The van der Waals surface area contributed by atoms with Gasteiger partial charge in [-0.05, 0) is 23.8 Å². The molecule has 0 fully saturated rings. The molecule has 0 saturated heterocycles. The van der Waals surface area contributed by atoms with Crippen LogP contribution < -0.4 is 0 Å². The van der Waals surface area contributed by atoms with Gasteiger partial charge in [-0.3, -0.25) is 0 Å². The van der Waals surface area contributed by atoms with Gasteiger partial charge < -0.3 is 0 Å². The number of benzene rings is 1. The van der Waals surface area contributed by atoms with Crippen LogP contribution in [0.25, 0.3) is 0 Å². The SMILES string of the molecule is N#CCc1c[c]cc(C#N)c1. The van der Waals surface area contributed by atoms with Gasteiger partial charge in [0.1, 0.15) is 0 Å². The first kappa shape index (κ1) is 7.31. The van der Waals surface area contributed by atoms with Crippen LogP contribution in [-0.2, 0) is 6.42 Å². The molecule has 0 N–H and O–H groups in total. The zero-order chi connectivity index (χ0) is 8.10. The molecule has 0 aliphatic carbocycles. The molecule has 51 valence electrons. The average Bonchev–Trinajstić information content (AvgIpc) is 2.06. The maximum absolute atomic E-state index is 8.48. The summed E-state index contributed by atoms with van der Waals surface area (Å²) >= 11 is 0. The average molecular weight is 141 g/mol. The van der Waals surface area contributed by atoms with Crippen LogP contribution in [0.2, 0.25) is 0 Å². The Labute approximate surface area is 65.3 Å². The molecule has 0 atom stereocenters. The van der Waals surface area contributed by atoms with Crippen LogP contribution in [0, 0.1) is 28.7 Å². The van der Waals surface area contributed by atoms with Crippen molar-refractivity contribution in [2.24, 2.45) is 0 Å². The molecule has 1 radical (unpaired) electrons. The molecule has 0 unspecified atom stereocenters. The molecular weight excluding hydrogens is 136 g/mol. The van der Waals surface area contributed by atoms with Crippen LogP contribution in [0.3, 0.4) is 0 Å². The zero-order valence-electron chi connectivity index (χ0n) is 5.83. The Hall–Kier alpha value is -1.80. The van der Waals surface area contributed by atoms with Gasteiger partial charge in [-0.2, -0.15) is 10.5 Å². The van der Waals surface area contributed by atoms with E-state index in [-0.39, 0.29) is 0 Å². The molecule has 1 rings (SSSR count). The van der Waals surface area contributed by atoms with E-state index in [1.165, 1.54) is 0 Å². The van der Waals surface area contributed by atoms with E-state index < -0.39 is 0 Å². The number of hydrogen-bond donors (Lipinski definition) is 0. The summed E-state index contributed by atoms with van der Waals surface area (Å²) in [6.45, 7) is 0. The third-order valence-corrected chi connectivity index (χ3v) is 1.26. The highest BCUT2D eigenvalue weighted by Crippen LogP contribution is 2.03. The summed E-state index contributed by atoms with van der Waals surface area (Å²) in [5, 5.41) is 16.8. The van der Waals surface area contributed by atoms with Gasteiger partial charge in [0.2, 0.25) is 0 Å². The van der Waals surface area contributed by atoms with Gasteiger partial charge >= 0.3 is 0 Å². The van der Waals surface area contributed by atoms with Crippen molar-refractivity contribution in [2.45, 2.75) is 6.42 Å². The molecule has 0 spiro atoms. The van der Waals surface area contributed by atoms with E-state index in [2.05, 4.69) is 6.07 Å². The van der Waals surface area contributed by atoms with E-state index in [9.17, 15) is 0 Å². The van der Waals surface area contributed by atoms with Crippen LogP contribution in [0.1, 0.15) is 11.1 Å². The fraction of sp³-hybridized carbons (Fsp3) is 0.111. The monoisotopic (exact) mass is 141 g/mol. The maximum Gasteiger partial charge on any atom is 0.0991 e. The van der Waals surface area contributed by atoms with E-state index >= 15 is 0 Å². The summed E-state index contributed by atoms with van der Waals surface area (Å²) in [7, 11) is 0. The second kappa shape index (κ2) is 3.39. The largest absolute Gasteiger partial charge is 0.198 e. The van der Waals surface area contributed by atoms with E-state index in [1.807, 2.05) is 12.1 Å². The third-order valence-electron chi connectivity index (χ3n) is 1.26. The molecule has 11 heavy (non-hydrogen) atoms. The van der Waals surface area contributed by atoms with Gasteiger partial charge in [-0.1, -0.05) is 6.07 Å². The third kappa shape index (κ3) is 1.81. The summed E-state index contributed by atoms with van der Waals surface area (Å²) in [4.78, 5) is 0. The number of nitrogens with zero attached hydrogens (tertiary/aromatic N) is 2. The van der Waals surface area contributed by atoms with Crippen molar-refractivity contribution in [1.82, 2.24) is 0 Å². The van der Waals surface area contributed by atoms with Gasteiger partial charge in [-0.15, -0.1) is 0 Å². The van der Waals surface area contributed by atoms with Crippen molar-refractivity contribution in [3.8, 4) is 12.1 Å². The van der Waals surface area contributed by atoms with E-state index in [4.69, 9.17) is 10.5 Å². The Bertz CT molecular complexity index is 328. The Morgan fingerprint density at radius 1 is 1.36 bits per heavy atom. The van der Waals surface area contributed by atoms with Gasteiger partial charge in [-0.25, -0.2) is 0 Å². The maximum atomic E-state index is 8.48. The first-order valence-corrected chi connectivity index (χ1v) is 3.14. The van der Waals surface area contributed by atoms with Crippen molar-refractivity contribution in [3.05, 3.63) is 35.4 Å². The normalized spacial score (nSPS) is 8.18. The Balaban J connectivity index is 2.96. The number of rotatable bonds is 1. The van der Waals surface area contributed by atoms with Crippen molar-refractivity contribution < 1.29 is 0 Å². The van der Waals surface area contributed by atoms with Crippen molar-refractivity contribution >= 4 is 0 Å². The lowest BCUT2D eigenvalue weighted by atomic mass is 10.1. The zero-order valence-corrected chi connectivity index (χ0v) is 5.83. The molecule has 2 nitrogen and oxygen atoms in total. The van der Waals surface area contributed by atoms with Gasteiger partial charge in [0.05, 0.1) is 24.1 Å². The molecule has 0 heterocycles. The van der Waals surface area contributed by atoms with Crippen LogP contribution in [-0.4, -0.2) is 0 Å². The quantitative estimate of drug-likeness (QED) is 0.593. The fourth-order valence-corrected chi connectivity index (χ4v) is 0.779. The van der Waals surface area contributed by atoms with Gasteiger partial charge in [0.15, 0.2) is 0 Å². The van der Waals surface area contributed by atoms with E-state index in [0.29, 0.717) is 12.0 Å². The van der Waals surface area contributed by atoms with Crippen molar-refractivity contribution in [1.29, 1.82) is 10.5 Å². The predicted octanol–water partition coefficient (Wildman–Crippen LogP) is 1.42. The highest BCUT2D eigenvalue weighted by Gasteiger charge is 1.92. The lowest BCUT2D eigenvalue weighted by Gasteiger charge is -1.91. The van der Waals surface area contributed by atoms with Gasteiger partial charge in [0.25, 0.3) is 0 Å². The van der Waals surface area contributed by atoms with E-state index in [1.54, 1.807) is 18.2 Å². The molecule has 1 aromatic rings. The van der Waals surface area contributed by atoms with Crippen LogP contribution in [0.5, 0.6) is 0 Å². The Morgan fingerprint density at radius 3 is 2.82 bits per heavy atom. The lowest BCUT2D eigenvalue weighted by Crippen LogP contribution is -1.82. The summed E-state index contributed by atoms with van der Waals surface area (Å²) in [6.07, 6.45) is 0.339. The molecule has 0 amide bonds. The summed E-state index contributed by atoms with van der Waals surface area (Å²) < 4.78 is 0. The lowest BCUT2D eigenvalue weighted by molar-refractivity contribution is 1.25. The summed E-state index contributed by atoms with van der Waals surface area (Å²) in [5.74, 6) is 0. The summed E-state index contributed by atoms with van der Waals surface area (Å²) in [5.41, 5.74) is 1.39. The molecule has 0 aliphatic rings. The van der Waals surface area contributed by atoms with Crippen LogP contribution in [0.4, 0.5) is 0 Å². The van der Waals surface area contributed by atoms with Crippen molar-refractivity contribution in [2.75, 3.05) is 0 Å². The minimum Gasteiger partial charge on any atom is -0.198 e. The molecule has 2 heteroatoms. The second-order valence-corrected chi connectivity index (χ2v) is 2.08. The predicted molar refractivity (Wildman–Crippen MR) is 39.3 cm³/mol.